The summed E-state index contributed by atoms with van der Waals surface area (Å²) in [5.74, 6) is -2.29. The number of esters is 1. The van der Waals surface area contributed by atoms with Crippen LogP contribution in [0, 0.1) is 5.21 Å². The van der Waals surface area contributed by atoms with Gasteiger partial charge in [-0.25, -0.2) is 4.79 Å². The highest BCUT2D eigenvalue weighted by Crippen LogP contribution is 2.33. The van der Waals surface area contributed by atoms with Crippen molar-refractivity contribution in [2.45, 2.75) is 0 Å². The Hall–Kier alpha value is -3.10. The summed E-state index contributed by atoms with van der Waals surface area (Å²) < 4.78 is 8.83. The van der Waals surface area contributed by atoms with E-state index in [1.807, 2.05) is 0 Å². The van der Waals surface area contributed by atoms with Gasteiger partial charge in [-0.2, -0.15) is 0 Å². The molecule has 1 heterocycles. The lowest BCUT2D eigenvalue weighted by atomic mass is 10.0. The fraction of sp³-hybridized carbons (Fsp3) is 0.0909. The first-order valence-corrected chi connectivity index (χ1v) is 5.27. The Kier molecular flexibility index (Phi) is 3.25. The van der Waals surface area contributed by atoms with Crippen molar-refractivity contribution in [3.05, 3.63) is 34.7 Å². The minimum Gasteiger partial charge on any atom is -0.507 e. The van der Waals surface area contributed by atoms with Crippen LogP contribution in [0.15, 0.2) is 22.8 Å². The van der Waals surface area contributed by atoms with Crippen molar-refractivity contribution in [2.75, 3.05) is 7.11 Å². The van der Waals surface area contributed by atoms with Gasteiger partial charge in [-0.1, -0.05) is 6.07 Å². The van der Waals surface area contributed by atoms with E-state index in [0.29, 0.717) is 0 Å². The highest BCUT2D eigenvalue weighted by Gasteiger charge is 2.31. The number of methoxy groups -OCH3 is 1. The molecule has 9 heteroatoms. The van der Waals surface area contributed by atoms with Crippen LogP contribution in [0.2, 0.25) is 0 Å². The molecular formula is C11H9N3O6. The van der Waals surface area contributed by atoms with E-state index in [-0.39, 0.29) is 27.5 Å². The second-order valence-electron chi connectivity index (χ2n) is 3.68. The smallest absolute Gasteiger partial charge is 0.338 e. The zero-order valence-corrected chi connectivity index (χ0v) is 10.2. The molecule has 20 heavy (non-hydrogen) atoms. The standard InChI is InChI=1S/C11H9N3O6/c1-19-11(17)5-3-2-4-6(15)7(5)8-9(10(12)16)14(18)20-13-8/h2-4,15H,1H3,(H2,12,16). The summed E-state index contributed by atoms with van der Waals surface area (Å²) >= 11 is 0. The molecule has 2 aromatic rings. The Morgan fingerprint density at radius 2 is 2.20 bits per heavy atom. The van der Waals surface area contributed by atoms with Gasteiger partial charge in [-0.05, 0) is 17.0 Å². The average Bonchev–Trinajstić information content (AvgIpc) is 2.79. The molecule has 1 aromatic heterocycles. The molecule has 0 aliphatic rings. The third-order valence-electron chi connectivity index (χ3n) is 2.53. The predicted octanol–water partition coefficient (Wildman–Crippen LogP) is -0.434. The monoisotopic (exact) mass is 279 g/mol. The maximum Gasteiger partial charge on any atom is 0.338 e. The van der Waals surface area contributed by atoms with Gasteiger partial charge in [0.15, 0.2) is 0 Å². The molecule has 0 atom stereocenters. The number of nitrogens with zero attached hydrogens (tertiary/aromatic N) is 2. The number of phenols is 1. The molecule has 2 rings (SSSR count). The third kappa shape index (κ3) is 2.00. The molecule has 0 radical (unpaired) electrons. The van der Waals surface area contributed by atoms with Crippen LogP contribution in [-0.2, 0) is 4.74 Å². The largest absolute Gasteiger partial charge is 0.507 e. The Balaban J connectivity index is 2.76. The van der Waals surface area contributed by atoms with E-state index in [1.165, 1.54) is 18.2 Å². The Morgan fingerprint density at radius 3 is 2.80 bits per heavy atom. The van der Waals surface area contributed by atoms with Crippen molar-refractivity contribution >= 4 is 11.9 Å². The predicted molar refractivity (Wildman–Crippen MR) is 62.4 cm³/mol. The SMILES string of the molecule is COC(=O)c1cccc(O)c1-c1no[n+]([O-])c1C(N)=O. The van der Waals surface area contributed by atoms with Gasteiger partial charge in [0.25, 0.3) is 17.3 Å². The quantitative estimate of drug-likeness (QED) is 0.573. The van der Waals surface area contributed by atoms with Crippen molar-refractivity contribution in [3.8, 4) is 17.0 Å². The van der Waals surface area contributed by atoms with E-state index < -0.39 is 17.6 Å². The first-order chi connectivity index (χ1) is 9.47. The number of hydrogen-bond acceptors (Lipinski definition) is 7. The van der Waals surface area contributed by atoms with Crippen LogP contribution in [0.25, 0.3) is 11.3 Å². The number of primary amides is 1. The third-order valence-corrected chi connectivity index (χ3v) is 2.53. The summed E-state index contributed by atoms with van der Waals surface area (Å²) in [5.41, 5.74) is 3.81. The number of amides is 1. The van der Waals surface area contributed by atoms with Crippen molar-refractivity contribution in [3.63, 3.8) is 0 Å². The number of rotatable bonds is 3. The van der Waals surface area contributed by atoms with Gasteiger partial charge in [0.1, 0.15) is 5.75 Å². The normalized spacial score (nSPS) is 10.2. The van der Waals surface area contributed by atoms with Crippen LogP contribution in [-0.4, -0.2) is 29.2 Å². The topological polar surface area (TPSA) is 143 Å². The van der Waals surface area contributed by atoms with Gasteiger partial charge in [0, 0.05) is 5.16 Å². The Bertz CT molecular complexity index is 693. The number of phenolic OH excluding ortho intramolecular Hbond substituents is 1. The molecule has 0 aliphatic carbocycles. The fourth-order valence-corrected chi connectivity index (χ4v) is 1.69. The van der Waals surface area contributed by atoms with E-state index in [0.717, 1.165) is 7.11 Å². The lowest BCUT2D eigenvalue weighted by molar-refractivity contribution is -0.803. The molecule has 3 N–H and O–H groups in total. The molecule has 0 aliphatic heterocycles. The van der Waals surface area contributed by atoms with Gasteiger partial charge in [-0.15, -0.1) is 0 Å². The highest BCUT2D eigenvalue weighted by atomic mass is 16.8. The number of carbonyl (C=O) groups is 2. The molecule has 0 saturated carbocycles. The highest BCUT2D eigenvalue weighted by molar-refractivity contribution is 6.02. The van der Waals surface area contributed by atoms with E-state index >= 15 is 0 Å². The first-order valence-electron chi connectivity index (χ1n) is 5.27. The molecule has 0 spiro atoms. The van der Waals surface area contributed by atoms with Crippen LogP contribution < -0.4 is 10.6 Å². The van der Waals surface area contributed by atoms with Crippen LogP contribution in [0.5, 0.6) is 5.75 Å². The van der Waals surface area contributed by atoms with Crippen molar-refractivity contribution in [2.24, 2.45) is 5.73 Å². The Labute approximate surface area is 111 Å². The summed E-state index contributed by atoms with van der Waals surface area (Å²) in [6, 6.07) is 3.96. The minimum absolute atomic E-state index is 0.0936. The van der Waals surface area contributed by atoms with Gasteiger partial charge in [-0.3, -0.25) is 9.42 Å². The van der Waals surface area contributed by atoms with Crippen molar-refractivity contribution < 1.29 is 29.0 Å². The zero-order chi connectivity index (χ0) is 14.9. The second-order valence-corrected chi connectivity index (χ2v) is 3.68. The van der Waals surface area contributed by atoms with Gasteiger partial charge >= 0.3 is 5.97 Å². The van der Waals surface area contributed by atoms with E-state index in [9.17, 15) is 19.9 Å². The number of aromatic hydroxyl groups is 1. The lowest BCUT2D eigenvalue weighted by Gasteiger charge is -2.05. The number of aromatic nitrogens is 2. The molecule has 0 bridgehead atoms. The van der Waals surface area contributed by atoms with Gasteiger partial charge in [0.2, 0.25) is 0 Å². The first kappa shape index (κ1) is 13.3. The van der Waals surface area contributed by atoms with Crippen LogP contribution in [0.3, 0.4) is 0 Å². The molecular weight excluding hydrogens is 270 g/mol. The molecule has 1 aromatic carbocycles. The lowest BCUT2D eigenvalue weighted by Crippen LogP contribution is -2.34. The van der Waals surface area contributed by atoms with Crippen molar-refractivity contribution in [1.29, 1.82) is 0 Å². The second kappa shape index (κ2) is 4.88. The number of hydrogen-bond donors (Lipinski definition) is 2. The van der Waals surface area contributed by atoms with E-state index in [2.05, 4.69) is 14.5 Å². The molecule has 104 valence electrons. The number of ether oxygens (including phenoxy) is 1. The number of carbonyl (C=O) groups excluding carboxylic acids is 2. The number of nitrogens with two attached hydrogens (primary N) is 1. The summed E-state index contributed by atoms with van der Waals surface area (Å²) in [6.45, 7) is 0. The van der Waals surface area contributed by atoms with Gasteiger partial charge < -0.3 is 20.8 Å². The molecule has 0 fully saturated rings. The minimum atomic E-state index is -1.12. The maximum atomic E-state index is 11.7. The average molecular weight is 279 g/mol. The molecule has 1 amide bonds. The summed E-state index contributed by atoms with van der Waals surface area (Å²) in [7, 11) is 1.14. The van der Waals surface area contributed by atoms with Crippen molar-refractivity contribution in [1.82, 2.24) is 5.16 Å². The summed E-state index contributed by atoms with van der Waals surface area (Å²) in [4.78, 5) is 22.7. The zero-order valence-electron chi connectivity index (χ0n) is 10.2. The van der Waals surface area contributed by atoms with Crippen LogP contribution in [0.1, 0.15) is 20.8 Å². The summed E-state index contributed by atoms with van der Waals surface area (Å²) in [5, 5.41) is 24.5. The maximum absolute atomic E-state index is 11.7. The Morgan fingerprint density at radius 1 is 1.50 bits per heavy atom. The van der Waals surface area contributed by atoms with E-state index in [4.69, 9.17) is 5.73 Å². The number of benzene rings is 1. The van der Waals surface area contributed by atoms with E-state index in [1.54, 1.807) is 0 Å². The molecule has 0 saturated heterocycles. The fourth-order valence-electron chi connectivity index (χ4n) is 1.69. The van der Waals surface area contributed by atoms with Crippen LogP contribution in [0.4, 0.5) is 0 Å². The molecule has 9 nitrogen and oxygen atoms in total. The summed E-state index contributed by atoms with van der Waals surface area (Å²) in [6.07, 6.45) is 0. The molecule has 0 unspecified atom stereocenters. The van der Waals surface area contributed by atoms with Gasteiger partial charge in [0.05, 0.1) is 18.2 Å². The van der Waals surface area contributed by atoms with Crippen LogP contribution >= 0.6 is 0 Å².